The molecule has 1 unspecified atom stereocenters. The normalized spacial score (nSPS) is 30.1. The average molecular weight is 261 g/mol. The van der Waals surface area contributed by atoms with Crippen LogP contribution in [0.4, 0.5) is 0 Å². The minimum absolute atomic E-state index is 0.424. The number of thiophene rings is 1. The molecule has 2 heteroatoms. The molecule has 0 spiro atoms. The third kappa shape index (κ3) is 2.70. The van der Waals surface area contributed by atoms with Crippen molar-refractivity contribution in [3.05, 3.63) is 28.5 Å². The van der Waals surface area contributed by atoms with Gasteiger partial charge in [-0.25, -0.2) is 0 Å². The van der Waals surface area contributed by atoms with E-state index in [1.807, 2.05) is 11.3 Å². The van der Waals surface area contributed by atoms with Crippen molar-refractivity contribution in [3.8, 4) is 0 Å². The molecule has 1 aromatic heterocycles. The van der Waals surface area contributed by atoms with Gasteiger partial charge in [-0.1, -0.05) is 18.6 Å². The minimum atomic E-state index is 0.424. The maximum atomic E-state index is 2.80. The van der Waals surface area contributed by atoms with Crippen molar-refractivity contribution >= 4 is 17.4 Å². The van der Waals surface area contributed by atoms with Crippen molar-refractivity contribution in [2.75, 3.05) is 6.54 Å². The van der Waals surface area contributed by atoms with Gasteiger partial charge in [-0.3, -0.25) is 4.90 Å². The van der Waals surface area contributed by atoms with Gasteiger partial charge in [-0.05, 0) is 63.1 Å². The van der Waals surface area contributed by atoms with Gasteiger partial charge < -0.3 is 0 Å². The van der Waals surface area contributed by atoms with Crippen LogP contribution in [-0.2, 0) is 0 Å². The monoisotopic (exact) mass is 261 g/mol. The molecule has 2 fully saturated rings. The number of likely N-dealkylation sites (tertiary alicyclic amines) is 1. The molecule has 0 N–H and O–H groups in total. The van der Waals surface area contributed by atoms with E-state index in [-0.39, 0.29) is 0 Å². The summed E-state index contributed by atoms with van der Waals surface area (Å²) in [6.07, 6.45) is 13.0. The number of nitrogens with zero attached hydrogens (tertiary/aromatic N) is 1. The Kier molecular flexibility index (Phi) is 3.58. The molecular formula is C16H23NS. The molecule has 1 nitrogen and oxygen atoms in total. The van der Waals surface area contributed by atoms with Crippen LogP contribution in [-0.4, -0.2) is 23.0 Å². The fourth-order valence-corrected chi connectivity index (χ4v) is 3.89. The zero-order valence-corrected chi connectivity index (χ0v) is 12.1. The molecule has 0 amide bonds. The maximum Gasteiger partial charge on any atom is 0.0267 e. The standard InChI is InChI=1S/C16H23NS/c1-16(11-4-6-15-7-5-13-18-15)10-2-3-12-17(16)14-8-9-14/h4-7,13-14H,2-3,8-12H2,1H3. The highest BCUT2D eigenvalue weighted by Crippen LogP contribution is 2.40. The quantitative estimate of drug-likeness (QED) is 0.768. The summed E-state index contributed by atoms with van der Waals surface area (Å²) >= 11 is 1.83. The van der Waals surface area contributed by atoms with E-state index < -0.39 is 0 Å². The Morgan fingerprint density at radius 1 is 1.44 bits per heavy atom. The number of hydrogen-bond acceptors (Lipinski definition) is 2. The lowest BCUT2D eigenvalue weighted by Gasteiger charge is -2.45. The average Bonchev–Trinajstić information content (AvgIpc) is 3.07. The van der Waals surface area contributed by atoms with E-state index in [4.69, 9.17) is 0 Å². The van der Waals surface area contributed by atoms with Crippen molar-refractivity contribution in [1.29, 1.82) is 0 Å². The Morgan fingerprint density at radius 3 is 3.06 bits per heavy atom. The first-order valence-electron chi connectivity index (χ1n) is 7.25. The SMILES string of the molecule is CC1(CC=Cc2cccs2)CCCCN1C1CC1. The molecule has 2 aliphatic rings. The second-order valence-electron chi connectivity index (χ2n) is 6.00. The fraction of sp³-hybridized carbons (Fsp3) is 0.625. The highest BCUT2D eigenvalue weighted by atomic mass is 32.1. The second kappa shape index (κ2) is 5.18. The zero-order valence-electron chi connectivity index (χ0n) is 11.3. The molecule has 0 radical (unpaired) electrons. The molecule has 98 valence electrons. The van der Waals surface area contributed by atoms with Crippen molar-refractivity contribution in [3.63, 3.8) is 0 Å². The fourth-order valence-electron chi connectivity index (χ4n) is 3.25. The van der Waals surface area contributed by atoms with E-state index in [1.54, 1.807) is 0 Å². The van der Waals surface area contributed by atoms with Gasteiger partial charge in [-0.2, -0.15) is 0 Å². The van der Waals surface area contributed by atoms with Crippen LogP contribution in [0.5, 0.6) is 0 Å². The first-order chi connectivity index (χ1) is 8.78. The minimum Gasteiger partial charge on any atom is -0.295 e. The van der Waals surface area contributed by atoms with Crippen LogP contribution < -0.4 is 0 Å². The van der Waals surface area contributed by atoms with Crippen molar-refractivity contribution in [2.24, 2.45) is 0 Å². The third-order valence-electron chi connectivity index (χ3n) is 4.43. The summed E-state index contributed by atoms with van der Waals surface area (Å²) in [5, 5.41) is 2.15. The van der Waals surface area contributed by atoms with Crippen LogP contribution in [0.3, 0.4) is 0 Å². The molecule has 2 heterocycles. The zero-order chi connectivity index (χ0) is 12.4. The summed E-state index contributed by atoms with van der Waals surface area (Å²) in [6.45, 7) is 3.80. The molecule has 1 atom stereocenters. The summed E-state index contributed by atoms with van der Waals surface area (Å²) in [7, 11) is 0. The smallest absolute Gasteiger partial charge is 0.0267 e. The third-order valence-corrected chi connectivity index (χ3v) is 5.27. The van der Waals surface area contributed by atoms with E-state index in [1.165, 1.54) is 49.9 Å². The molecule has 1 aromatic rings. The Hall–Kier alpha value is -0.600. The van der Waals surface area contributed by atoms with Crippen molar-refractivity contribution < 1.29 is 0 Å². The van der Waals surface area contributed by atoms with Crippen LogP contribution in [0.25, 0.3) is 6.08 Å². The molecule has 1 saturated carbocycles. The van der Waals surface area contributed by atoms with Crippen LogP contribution in [0.2, 0.25) is 0 Å². The molecule has 1 saturated heterocycles. The van der Waals surface area contributed by atoms with Crippen molar-refractivity contribution in [2.45, 2.75) is 57.0 Å². The Morgan fingerprint density at radius 2 is 2.33 bits per heavy atom. The number of rotatable bonds is 4. The predicted molar refractivity (Wildman–Crippen MR) is 80.0 cm³/mol. The van der Waals surface area contributed by atoms with Gasteiger partial charge in [0, 0.05) is 16.5 Å². The van der Waals surface area contributed by atoms with Crippen molar-refractivity contribution in [1.82, 2.24) is 4.90 Å². The van der Waals surface area contributed by atoms with Gasteiger partial charge in [-0.15, -0.1) is 11.3 Å². The highest BCUT2D eigenvalue weighted by Gasteiger charge is 2.41. The Balaban J connectivity index is 1.64. The first-order valence-corrected chi connectivity index (χ1v) is 8.13. The molecule has 1 aliphatic carbocycles. The van der Waals surface area contributed by atoms with Gasteiger partial charge in [0.15, 0.2) is 0 Å². The molecule has 3 rings (SSSR count). The van der Waals surface area contributed by atoms with E-state index in [0.717, 1.165) is 6.04 Å². The van der Waals surface area contributed by atoms with Crippen LogP contribution in [0.1, 0.15) is 50.3 Å². The number of hydrogen-bond donors (Lipinski definition) is 0. The molecule has 18 heavy (non-hydrogen) atoms. The largest absolute Gasteiger partial charge is 0.295 e. The van der Waals surface area contributed by atoms with E-state index in [2.05, 4.69) is 41.5 Å². The van der Waals surface area contributed by atoms with E-state index in [0.29, 0.717) is 5.54 Å². The van der Waals surface area contributed by atoms with Gasteiger partial charge in [0.05, 0.1) is 0 Å². The lowest BCUT2D eigenvalue weighted by molar-refractivity contribution is 0.0557. The van der Waals surface area contributed by atoms with Gasteiger partial charge in [0.25, 0.3) is 0 Å². The molecule has 0 bridgehead atoms. The Labute approximate surface area is 115 Å². The summed E-state index contributed by atoms with van der Waals surface area (Å²) in [6, 6.07) is 5.23. The lowest BCUT2D eigenvalue weighted by Crippen LogP contribution is -2.50. The van der Waals surface area contributed by atoms with E-state index in [9.17, 15) is 0 Å². The first kappa shape index (κ1) is 12.4. The maximum absolute atomic E-state index is 2.80. The van der Waals surface area contributed by atoms with Gasteiger partial charge in [0.1, 0.15) is 0 Å². The van der Waals surface area contributed by atoms with Crippen LogP contribution >= 0.6 is 11.3 Å². The van der Waals surface area contributed by atoms with Crippen LogP contribution in [0.15, 0.2) is 23.6 Å². The summed E-state index contributed by atoms with van der Waals surface area (Å²) in [5.41, 5.74) is 0.424. The molecule has 1 aliphatic heterocycles. The summed E-state index contributed by atoms with van der Waals surface area (Å²) in [5.74, 6) is 0. The second-order valence-corrected chi connectivity index (χ2v) is 6.98. The topological polar surface area (TPSA) is 3.24 Å². The van der Waals surface area contributed by atoms with Gasteiger partial charge >= 0.3 is 0 Å². The lowest BCUT2D eigenvalue weighted by atomic mass is 9.85. The predicted octanol–water partition coefficient (Wildman–Crippen LogP) is 4.56. The van der Waals surface area contributed by atoms with E-state index >= 15 is 0 Å². The number of piperidine rings is 1. The summed E-state index contributed by atoms with van der Waals surface area (Å²) in [4.78, 5) is 4.18. The Bertz CT molecular complexity index is 405. The van der Waals surface area contributed by atoms with Crippen LogP contribution in [0, 0.1) is 0 Å². The highest BCUT2D eigenvalue weighted by molar-refractivity contribution is 7.10. The summed E-state index contributed by atoms with van der Waals surface area (Å²) < 4.78 is 0. The molecule has 0 aromatic carbocycles. The van der Waals surface area contributed by atoms with Gasteiger partial charge in [0.2, 0.25) is 0 Å². The molecular weight excluding hydrogens is 238 g/mol.